The summed E-state index contributed by atoms with van der Waals surface area (Å²) in [7, 11) is 3.45. The highest BCUT2D eigenvalue weighted by molar-refractivity contribution is 5.85. The van der Waals surface area contributed by atoms with E-state index < -0.39 is 0 Å². The molecular formula is C26H34N4O2. The largest absolute Gasteiger partial charge is 0.361 e. The minimum atomic E-state index is -0.122. The maximum absolute atomic E-state index is 13.4. The molecule has 1 N–H and O–H groups in total. The fourth-order valence-corrected chi connectivity index (χ4v) is 3.83. The highest BCUT2D eigenvalue weighted by atomic mass is 16.2. The van der Waals surface area contributed by atoms with E-state index in [-0.39, 0.29) is 18.5 Å². The van der Waals surface area contributed by atoms with E-state index >= 15 is 0 Å². The van der Waals surface area contributed by atoms with Crippen molar-refractivity contribution in [3.63, 3.8) is 0 Å². The molecule has 3 rings (SSSR count). The molecule has 0 spiro atoms. The van der Waals surface area contributed by atoms with Crippen molar-refractivity contribution in [1.82, 2.24) is 19.7 Å². The first kappa shape index (κ1) is 23.4. The number of benzene rings is 2. The lowest BCUT2D eigenvalue weighted by molar-refractivity contribution is -0.132. The van der Waals surface area contributed by atoms with Crippen molar-refractivity contribution in [2.75, 3.05) is 33.7 Å². The summed E-state index contributed by atoms with van der Waals surface area (Å²) < 4.78 is 0. The summed E-state index contributed by atoms with van der Waals surface area (Å²) in [5, 5.41) is 1.19. The van der Waals surface area contributed by atoms with Gasteiger partial charge in [-0.05, 0) is 30.0 Å². The molecule has 0 unspecified atom stereocenters. The van der Waals surface area contributed by atoms with Gasteiger partial charge in [0.2, 0.25) is 5.91 Å². The Balaban J connectivity index is 1.76. The van der Waals surface area contributed by atoms with Crippen molar-refractivity contribution >= 4 is 22.8 Å². The maximum Gasteiger partial charge on any atom is 0.319 e. The highest BCUT2D eigenvalue weighted by Gasteiger charge is 2.22. The Morgan fingerprint density at radius 2 is 1.62 bits per heavy atom. The molecule has 3 aromatic rings. The number of carbonyl (C=O) groups is 2. The number of hydrogen-bond acceptors (Lipinski definition) is 2. The van der Waals surface area contributed by atoms with Crippen LogP contribution in [0.4, 0.5) is 4.79 Å². The number of carbonyl (C=O) groups excluding carboxylic acids is 2. The van der Waals surface area contributed by atoms with E-state index in [1.807, 2.05) is 53.6 Å². The molecule has 6 heteroatoms. The maximum atomic E-state index is 13.4. The van der Waals surface area contributed by atoms with Gasteiger partial charge in [0, 0.05) is 50.8 Å². The minimum Gasteiger partial charge on any atom is -0.361 e. The third-order valence-corrected chi connectivity index (χ3v) is 5.66. The molecule has 0 saturated heterocycles. The third kappa shape index (κ3) is 6.13. The Labute approximate surface area is 190 Å². The summed E-state index contributed by atoms with van der Waals surface area (Å²) in [5.41, 5.74) is 3.38. The molecule has 0 aliphatic rings. The molecule has 2 aromatic carbocycles. The van der Waals surface area contributed by atoms with Gasteiger partial charge in [-0.3, -0.25) is 4.79 Å². The van der Waals surface area contributed by atoms with E-state index in [1.165, 1.54) is 15.8 Å². The molecule has 170 valence electrons. The number of aromatic nitrogens is 1. The SMILES string of the molecule is CCCCN(CC(=O)N(CCc1c[nH]c2ccccc12)Cc1ccccc1)C(=O)N(C)C. The van der Waals surface area contributed by atoms with Crippen LogP contribution in [-0.4, -0.2) is 65.4 Å². The number of H-pyrrole nitrogens is 1. The van der Waals surface area contributed by atoms with E-state index in [2.05, 4.69) is 24.0 Å². The predicted octanol–water partition coefficient (Wildman–Crippen LogP) is 4.52. The molecule has 0 atom stereocenters. The number of hydrogen-bond donors (Lipinski definition) is 1. The topological polar surface area (TPSA) is 59.7 Å². The molecule has 0 bridgehead atoms. The van der Waals surface area contributed by atoms with Crippen molar-refractivity contribution in [2.45, 2.75) is 32.7 Å². The zero-order chi connectivity index (χ0) is 22.9. The van der Waals surface area contributed by atoms with Crippen molar-refractivity contribution in [1.29, 1.82) is 0 Å². The summed E-state index contributed by atoms with van der Waals surface area (Å²) >= 11 is 0. The van der Waals surface area contributed by atoms with Gasteiger partial charge >= 0.3 is 6.03 Å². The number of urea groups is 1. The van der Waals surface area contributed by atoms with Gasteiger partial charge in [0.1, 0.15) is 6.54 Å². The first-order valence-corrected chi connectivity index (χ1v) is 11.3. The van der Waals surface area contributed by atoms with Crippen molar-refractivity contribution in [3.8, 4) is 0 Å². The van der Waals surface area contributed by atoms with Gasteiger partial charge in [-0.1, -0.05) is 61.9 Å². The van der Waals surface area contributed by atoms with Crippen LogP contribution in [0.2, 0.25) is 0 Å². The summed E-state index contributed by atoms with van der Waals surface area (Å²) in [6.07, 6.45) is 4.62. The molecule has 6 nitrogen and oxygen atoms in total. The van der Waals surface area contributed by atoms with Crippen LogP contribution in [0.5, 0.6) is 0 Å². The Kier molecular flexibility index (Phi) is 8.31. The van der Waals surface area contributed by atoms with Crippen molar-refractivity contribution in [2.24, 2.45) is 0 Å². The molecule has 0 aliphatic heterocycles. The second kappa shape index (κ2) is 11.4. The number of rotatable bonds is 10. The lowest BCUT2D eigenvalue weighted by atomic mass is 10.1. The molecule has 1 heterocycles. The van der Waals surface area contributed by atoms with E-state index in [0.717, 1.165) is 30.3 Å². The first-order chi connectivity index (χ1) is 15.5. The van der Waals surface area contributed by atoms with Gasteiger partial charge in [-0.25, -0.2) is 4.79 Å². The first-order valence-electron chi connectivity index (χ1n) is 11.3. The van der Waals surface area contributed by atoms with Crippen LogP contribution in [0.1, 0.15) is 30.9 Å². The summed E-state index contributed by atoms with van der Waals surface area (Å²) in [4.78, 5) is 34.4. The zero-order valence-electron chi connectivity index (χ0n) is 19.4. The van der Waals surface area contributed by atoms with Crippen LogP contribution in [0.3, 0.4) is 0 Å². The molecule has 32 heavy (non-hydrogen) atoms. The third-order valence-electron chi connectivity index (χ3n) is 5.66. The monoisotopic (exact) mass is 434 g/mol. The van der Waals surface area contributed by atoms with Gasteiger partial charge in [0.15, 0.2) is 0 Å². The number of nitrogens with zero attached hydrogens (tertiary/aromatic N) is 3. The van der Waals surface area contributed by atoms with Gasteiger partial charge in [-0.15, -0.1) is 0 Å². The lowest BCUT2D eigenvalue weighted by Gasteiger charge is -2.29. The Morgan fingerprint density at radius 3 is 2.34 bits per heavy atom. The van der Waals surface area contributed by atoms with Gasteiger partial charge in [-0.2, -0.15) is 0 Å². The van der Waals surface area contributed by atoms with Crippen LogP contribution >= 0.6 is 0 Å². The molecule has 0 radical (unpaired) electrons. The number of nitrogens with one attached hydrogen (secondary N) is 1. The Bertz CT molecular complexity index is 1010. The van der Waals surface area contributed by atoms with E-state index in [9.17, 15) is 9.59 Å². The number of para-hydroxylation sites is 1. The average molecular weight is 435 g/mol. The second-order valence-electron chi connectivity index (χ2n) is 8.36. The number of aromatic amines is 1. The van der Waals surface area contributed by atoms with Gasteiger partial charge in [0.05, 0.1) is 0 Å². The predicted molar refractivity (Wildman–Crippen MR) is 129 cm³/mol. The number of amides is 3. The van der Waals surface area contributed by atoms with E-state index in [1.54, 1.807) is 19.0 Å². The summed E-state index contributed by atoms with van der Waals surface area (Å²) in [6, 6.07) is 18.1. The molecule has 0 saturated carbocycles. The fourth-order valence-electron chi connectivity index (χ4n) is 3.83. The average Bonchev–Trinajstić information content (AvgIpc) is 3.22. The molecular weight excluding hydrogens is 400 g/mol. The van der Waals surface area contributed by atoms with E-state index in [0.29, 0.717) is 19.6 Å². The lowest BCUT2D eigenvalue weighted by Crippen LogP contribution is -2.47. The van der Waals surface area contributed by atoms with Crippen LogP contribution < -0.4 is 0 Å². The minimum absolute atomic E-state index is 0.0278. The van der Waals surface area contributed by atoms with Crippen LogP contribution in [0.25, 0.3) is 10.9 Å². The van der Waals surface area contributed by atoms with Crippen molar-refractivity contribution in [3.05, 3.63) is 71.9 Å². The smallest absolute Gasteiger partial charge is 0.319 e. The zero-order valence-corrected chi connectivity index (χ0v) is 19.4. The van der Waals surface area contributed by atoms with Crippen LogP contribution in [0.15, 0.2) is 60.8 Å². The van der Waals surface area contributed by atoms with Gasteiger partial charge < -0.3 is 19.7 Å². The summed E-state index contributed by atoms with van der Waals surface area (Å²) in [5.74, 6) is -0.0278. The van der Waals surface area contributed by atoms with Crippen LogP contribution in [-0.2, 0) is 17.8 Å². The molecule has 0 fully saturated rings. The van der Waals surface area contributed by atoms with Crippen LogP contribution in [0, 0.1) is 0 Å². The fraction of sp³-hybridized carbons (Fsp3) is 0.385. The summed E-state index contributed by atoms with van der Waals surface area (Å²) in [6.45, 7) is 3.88. The standard InChI is InChI=1S/C26H34N4O2/c1-4-5-16-30(26(32)28(2)3)20-25(31)29(19-21-11-7-6-8-12-21)17-15-22-18-27-24-14-10-9-13-23(22)24/h6-14,18,27H,4-5,15-17,19-20H2,1-3H3. The second-order valence-corrected chi connectivity index (χ2v) is 8.36. The normalized spacial score (nSPS) is 10.8. The van der Waals surface area contributed by atoms with E-state index in [4.69, 9.17) is 0 Å². The Hall–Kier alpha value is -3.28. The molecule has 3 amide bonds. The van der Waals surface area contributed by atoms with Crippen molar-refractivity contribution < 1.29 is 9.59 Å². The Morgan fingerprint density at radius 1 is 0.906 bits per heavy atom. The van der Waals surface area contributed by atoms with Gasteiger partial charge in [0.25, 0.3) is 0 Å². The molecule has 1 aromatic heterocycles. The molecule has 0 aliphatic carbocycles. The number of fused-ring (bicyclic) bond motifs is 1. The highest BCUT2D eigenvalue weighted by Crippen LogP contribution is 2.19. The number of unbranched alkanes of at least 4 members (excludes halogenated alkanes) is 1. The quantitative estimate of drug-likeness (QED) is 0.510.